The molecule has 5 rings (SSSR count). The zero-order valence-corrected chi connectivity index (χ0v) is 16.1. The molecule has 1 N–H and O–H groups in total. The lowest BCUT2D eigenvalue weighted by Crippen LogP contribution is -2.47. The number of carbonyl (C=O) groups is 3. The first-order chi connectivity index (χ1) is 14.6. The molecule has 1 atom stereocenters. The normalized spacial score (nSPS) is 17.4. The number of hydrogen-bond acceptors (Lipinski definition) is 4. The first-order valence-electron chi connectivity index (χ1n) is 9.79. The second kappa shape index (κ2) is 7.15. The van der Waals surface area contributed by atoms with Crippen LogP contribution >= 0.6 is 0 Å². The van der Waals surface area contributed by atoms with Gasteiger partial charge >= 0.3 is 0 Å². The molecular formula is C24H19N3O3. The van der Waals surface area contributed by atoms with Gasteiger partial charge in [0.05, 0.1) is 35.1 Å². The fourth-order valence-corrected chi connectivity index (χ4v) is 4.06. The number of rotatable bonds is 3. The summed E-state index contributed by atoms with van der Waals surface area (Å²) in [6.45, 7) is 0.116. The van der Waals surface area contributed by atoms with Crippen LogP contribution in [0.15, 0.2) is 78.9 Å². The third-order valence-electron chi connectivity index (χ3n) is 5.56. The van der Waals surface area contributed by atoms with Gasteiger partial charge in [0.2, 0.25) is 5.91 Å². The molecular weight excluding hydrogens is 378 g/mol. The van der Waals surface area contributed by atoms with Crippen LogP contribution in [0.3, 0.4) is 0 Å². The van der Waals surface area contributed by atoms with Crippen molar-refractivity contribution in [3.63, 3.8) is 0 Å². The number of anilines is 2. The largest absolute Gasteiger partial charge is 0.375 e. The van der Waals surface area contributed by atoms with Crippen LogP contribution in [0.25, 0.3) is 0 Å². The molecule has 30 heavy (non-hydrogen) atoms. The van der Waals surface area contributed by atoms with Gasteiger partial charge in [-0.15, -0.1) is 0 Å². The Bertz CT molecular complexity index is 1120. The molecule has 0 aliphatic carbocycles. The molecule has 6 heteroatoms. The standard InChI is InChI=1S/C24H19N3O3/c28-22(15-27-23(29)17-10-4-5-11-18(17)24(27)30)26-14-20(16-8-2-1-3-9-16)25-19-12-6-7-13-21(19)26/h1-13,20,25H,14-15H2. The monoisotopic (exact) mass is 397 g/mol. The molecule has 0 bridgehead atoms. The Morgan fingerprint density at radius 2 is 1.43 bits per heavy atom. The van der Waals surface area contributed by atoms with Crippen molar-refractivity contribution in [3.8, 4) is 0 Å². The molecule has 2 aliphatic heterocycles. The summed E-state index contributed by atoms with van der Waals surface area (Å²) in [5.41, 5.74) is 3.33. The van der Waals surface area contributed by atoms with E-state index in [9.17, 15) is 14.4 Å². The predicted molar refractivity (Wildman–Crippen MR) is 113 cm³/mol. The molecule has 3 aromatic carbocycles. The summed E-state index contributed by atoms with van der Waals surface area (Å²) >= 11 is 0. The molecule has 0 aromatic heterocycles. The number of para-hydroxylation sites is 2. The topological polar surface area (TPSA) is 69.7 Å². The Balaban J connectivity index is 1.43. The molecule has 0 spiro atoms. The summed E-state index contributed by atoms with van der Waals surface area (Å²) < 4.78 is 0. The molecule has 3 aromatic rings. The summed E-state index contributed by atoms with van der Waals surface area (Å²) in [4.78, 5) is 41.3. The Morgan fingerprint density at radius 1 is 0.833 bits per heavy atom. The Labute approximate surface area is 173 Å². The van der Waals surface area contributed by atoms with E-state index < -0.39 is 11.8 Å². The van der Waals surface area contributed by atoms with Crippen LogP contribution < -0.4 is 10.2 Å². The highest BCUT2D eigenvalue weighted by Gasteiger charge is 2.38. The van der Waals surface area contributed by atoms with Gasteiger partial charge in [-0.1, -0.05) is 54.6 Å². The van der Waals surface area contributed by atoms with Gasteiger partial charge < -0.3 is 10.2 Å². The van der Waals surface area contributed by atoms with Gasteiger partial charge in [-0.2, -0.15) is 0 Å². The molecule has 6 nitrogen and oxygen atoms in total. The van der Waals surface area contributed by atoms with E-state index in [0.717, 1.165) is 21.8 Å². The maximum atomic E-state index is 13.3. The number of nitrogens with one attached hydrogen (secondary N) is 1. The van der Waals surface area contributed by atoms with Crippen molar-refractivity contribution in [1.82, 2.24) is 4.90 Å². The number of hydrogen-bond donors (Lipinski definition) is 1. The van der Waals surface area contributed by atoms with E-state index in [-0.39, 0.29) is 18.5 Å². The van der Waals surface area contributed by atoms with E-state index >= 15 is 0 Å². The van der Waals surface area contributed by atoms with Gasteiger partial charge in [0.15, 0.2) is 0 Å². The number of carbonyl (C=O) groups excluding carboxylic acids is 3. The van der Waals surface area contributed by atoms with Crippen molar-refractivity contribution < 1.29 is 14.4 Å². The van der Waals surface area contributed by atoms with Gasteiger partial charge in [0, 0.05) is 0 Å². The zero-order chi connectivity index (χ0) is 20.7. The first kappa shape index (κ1) is 18.1. The van der Waals surface area contributed by atoms with E-state index in [1.54, 1.807) is 29.2 Å². The number of imide groups is 1. The van der Waals surface area contributed by atoms with Gasteiger partial charge in [-0.05, 0) is 29.8 Å². The Morgan fingerprint density at radius 3 is 2.13 bits per heavy atom. The molecule has 0 saturated heterocycles. The second-order valence-corrected chi connectivity index (χ2v) is 7.37. The summed E-state index contributed by atoms with van der Waals surface area (Å²) in [5, 5.41) is 3.48. The first-order valence-corrected chi connectivity index (χ1v) is 9.79. The maximum absolute atomic E-state index is 13.3. The van der Waals surface area contributed by atoms with Crippen LogP contribution in [0, 0.1) is 0 Å². The number of nitrogens with zero attached hydrogens (tertiary/aromatic N) is 2. The fourth-order valence-electron chi connectivity index (χ4n) is 4.06. The predicted octanol–water partition coefficient (Wildman–Crippen LogP) is 3.48. The Hall–Kier alpha value is -3.93. The molecule has 3 amide bonds. The highest BCUT2D eigenvalue weighted by Crippen LogP contribution is 2.36. The summed E-state index contributed by atoms with van der Waals surface area (Å²) in [6.07, 6.45) is 0. The number of amides is 3. The van der Waals surface area contributed by atoms with Crippen LogP contribution in [0.1, 0.15) is 32.3 Å². The van der Waals surface area contributed by atoms with Crippen LogP contribution in [0.4, 0.5) is 11.4 Å². The van der Waals surface area contributed by atoms with Gasteiger partial charge in [0.25, 0.3) is 11.8 Å². The minimum atomic E-state index is -0.424. The average Bonchev–Trinajstić information content (AvgIpc) is 3.04. The SMILES string of the molecule is O=C1c2ccccc2C(=O)N1CC(=O)N1CC(c2ccccc2)Nc2ccccc21. The smallest absolute Gasteiger partial charge is 0.262 e. The van der Waals surface area contributed by atoms with E-state index in [1.165, 1.54) is 0 Å². The molecule has 0 fully saturated rings. The molecule has 1 unspecified atom stereocenters. The summed E-state index contributed by atoms with van der Waals surface area (Å²) in [5.74, 6) is -1.14. The zero-order valence-electron chi connectivity index (χ0n) is 16.1. The average molecular weight is 397 g/mol. The molecule has 148 valence electrons. The summed E-state index contributed by atoms with van der Waals surface area (Å²) in [7, 11) is 0. The van der Waals surface area contributed by atoms with Crippen LogP contribution in [0.5, 0.6) is 0 Å². The second-order valence-electron chi connectivity index (χ2n) is 7.37. The van der Waals surface area contributed by atoms with Crippen molar-refractivity contribution in [1.29, 1.82) is 0 Å². The van der Waals surface area contributed by atoms with Crippen LogP contribution in [-0.4, -0.2) is 35.7 Å². The van der Waals surface area contributed by atoms with Gasteiger partial charge in [0.1, 0.15) is 6.54 Å². The number of fused-ring (bicyclic) bond motifs is 2. The lowest BCUT2D eigenvalue weighted by atomic mass is 10.0. The van der Waals surface area contributed by atoms with Crippen molar-refractivity contribution in [2.24, 2.45) is 0 Å². The van der Waals surface area contributed by atoms with E-state index in [0.29, 0.717) is 17.7 Å². The minimum Gasteiger partial charge on any atom is -0.375 e. The third kappa shape index (κ3) is 2.93. The number of benzene rings is 3. The highest BCUT2D eigenvalue weighted by atomic mass is 16.2. The maximum Gasteiger partial charge on any atom is 0.262 e. The molecule has 2 heterocycles. The van der Waals surface area contributed by atoms with Crippen LogP contribution in [0.2, 0.25) is 0 Å². The minimum absolute atomic E-state index is 0.0905. The van der Waals surface area contributed by atoms with E-state index in [1.807, 2.05) is 54.6 Å². The van der Waals surface area contributed by atoms with Crippen molar-refractivity contribution in [3.05, 3.63) is 95.6 Å². The van der Waals surface area contributed by atoms with Gasteiger partial charge in [-0.3, -0.25) is 19.3 Å². The van der Waals surface area contributed by atoms with Crippen molar-refractivity contribution >= 4 is 29.1 Å². The quantitative estimate of drug-likeness (QED) is 0.687. The summed E-state index contributed by atoms with van der Waals surface area (Å²) in [6, 6.07) is 24.0. The third-order valence-corrected chi connectivity index (χ3v) is 5.56. The van der Waals surface area contributed by atoms with Gasteiger partial charge in [-0.25, -0.2) is 0 Å². The van der Waals surface area contributed by atoms with E-state index in [4.69, 9.17) is 0 Å². The molecule has 2 aliphatic rings. The lowest BCUT2D eigenvalue weighted by Gasteiger charge is -2.36. The van der Waals surface area contributed by atoms with E-state index in [2.05, 4.69) is 5.32 Å². The fraction of sp³-hybridized carbons (Fsp3) is 0.125. The molecule has 0 radical (unpaired) electrons. The van der Waals surface area contributed by atoms with Crippen LogP contribution in [-0.2, 0) is 4.79 Å². The highest BCUT2D eigenvalue weighted by molar-refractivity contribution is 6.22. The lowest BCUT2D eigenvalue weighted by molar-refractivity contribution is -0.119. The van der Waals surface area contributed by atoms with Crippen molar-refractivity contribution in [2.45, 2.75) is 6.04 Å². The Kier molecular flexibility index (Phi) is 4.32. The molecule has 0 saturated carbocycles. The van der Waals surface area contributed by atoms with Crippen molar-refractivity contribution in [2.75, 3.05) is 23.3 Å².